The third-order valence-corrected chi connectivity index (χ3v) is 1.29. The third-order valence-electron chi connectivity index (χ3n) is 1.29. The summed E-state index contributed by atoms with van der Waals surface area (Å²) in [6, 6.07) is 5.55. The molecule has 0 fully saturated rings. The van der Waals surface area contributed by atoms with Crippen LogP contribution in [0.1, 0.15) is 5.69 Å². The number of hydrogen-bond donors (Lipinski definition) is 2. The van der Waals surface area contributed by atoms with Crippen molar-refractivity contribution >= 4 is 5.82 Å². The Bertz CT molecular complexity index is 255. The van der Waals surface area contributed by atoms with Gasteiger partial charge in [0, 0.05) is 12.1 Å². The van der Waals surface area contributed by atoms with Gasteiger partial charge in [0.15, 0.2) is 0 Å². The van der Waals surface area contributed by atoms with Crippen molar-refractivity contribution in [3.05, 3.63) is 36.2 Å². The number of hydrogen-bond acceptors (Lipinski definition) is 3. The predicted octanol–water partition coefficient (Wildman–Crippen LogP) is 0.679. The highest BCUT2D eigenvalue weighted by atomic mass is 14.8. The van der Waals surface area contributed by atoms with Crippen molar-refractivity contribution in [3.8, 4) is 0 Å². The molecule has 0 aliphatic rings. The van der Waals surface area contributed by atoms with Crippen molar-refractivity contribution in [2.75, 3.05) is 5.73 Å². The highest BCUT2D eigenvalue weighted by Crippen LogP contribution is 2.00. The minimum absolute atomic E-state index is 0.549. The summed E-state index contributed by atoms with van der Waals surface area (Å²) in [6.07, 6.45) is 4.08. The van der Waals surface area contributed by atoms with Gasteiger partial charge in [0.2, 0.25) is 0 Å². The van der Waals surface area contributed by atoms with Gasteiger partial charge in [-0.05, 0) is 18.3 Å². The van der Waals surface area contributed by atoms with Gasteiger partial charge < -0.3 is 11.5 Å². The molecule has 0 saturated heterocycles. The van der Waals surface area contributed by atoms with Crippen LogP contribution >= 0.6 is 0 Å². The summed E-state index contributed by atoms with van der Waals surface area (Å²) in [7, 11) is 0. The van der Waals surface area contributed by atoms with Gasteiger partial charge in [-0.1, -0.05) is 12.1 Å². The van der Waals surface area contributed by atoms with Crippen LogP contribution in [0.3, 0.4) is 0 Å². The summed E-state index contributed by atoms with van der Waals surface area (Å²) in [5.41, 5.74) is 11.6. The van der Waals surface area contributed by atoms with Crippen molar-refractivity contribution in [3.63, 3.8) is 0 Å². The van der Waals surface area contributed by atoms with E-state index < -0.39 is 0 Å². The zero-order valence-electron chi connectivity index (χ0n) is 6.20. The molecule has 0 aromatic carbocycles. The fourth-order valence-electron chi connectivity index (χ4n) is 0.801. The lowest BCUT2D eigenvalue weighted by molar-refractivity contribution is 1.11. The van der Waals surface area contributed by atoms with E-state index in [0.717, 1.165) is 12.1 Å². The fraction of sp³-hybridized carbons (Fsp3) is 0.125. The van der Waals surface area contributed by atoms with Gasteiger partial charge in [-0.2, -0.15) is 0 Å². The average Bonchev–Trinajstić information content (AvgIpc) is 2.01. The average molecular weight is 149 g/mol. The highest BCUT2D eigenvalue weighted by Gasteiger charge is 1.90. The summed E-state index contributed by atoms with van der Waals surface area (Å²) in [5, 5.41) is 0. The minimum Gasteiger partial charge on any atom is -0.405 e. The molecule has 1 aromatic rings. The molecule has 0 saturated carbocycles. The number of anilines is 1. The third kappa shape index (κ3) is 2.29. The van der Waals surface area contributed by atoms with Gasteiger partial charge in [0.25, 0.3) is 0 Å². The van der Waals surface area contributed by atoms with Crippen molar-refractivity contribution in [1.29, 1.82) is 0 Å². The Morgan fingerprint density at radius 3 is 2.91 bits per heavy atom. The van der Waals surface area contributed by atoms with E-state index in [0.29, 0.717) is 5.82 Å². The van der Waals surface area contributed by atoms with Gasteiger partial charge >= 0.3 is 0 Å². The quantitative estimate of drug-likeness (QED) is 0.649. The molecule has 58 valence electrons. The molecule has 0 bridgehead atoms. The van der Waals surface area contributed by atoms with E-state index in [9.17, 15) is 0 Å². The highest BCUT2D eigenvalue weighted by molar-refractivity contribution is 5.29. The SMILES string of the molecule is NC=CCc1cccc(N)n1. The maximum Gasteiger partial charge on any atom is 0.123 e. The molecule has 1 aromatic heterocycles. The lowest BCUT2D eigenvalue weighted by Crippen LogP contribution is -1.93. The molecule has 1 rings (SSSR count). The van der Waals surface area contributed by atoms with Crippen LogP contribution in [-0.4, -0.2) is 4.98 Å². The molecule has 3 heteroatoms. The molecule has 0 unspecified atom stereocenters. The Hall–Kier alpha value is -1.51. The molecular formula is C8H11N3. The van der Waals surface area contributed by atoms with Crippen molar-refractivity contribution in [2.45, 2.75) is 6.42 Å². The Morgan fingerprint density at radius 2 is 2.27 bits per heavy atom. The first-order chi connectivity index (χ1) is 5.33. The standard InChI is InChI=1S/C8H11N3/c9-6-2-4-7-3-1-5-8(10)11-7/h1-3,5-6H,4,9H2,(H2,10,11). The van der Waals surface area contributed by atoms with Gasteiger partial charge in [0.05, 0.1) is 0 Å². The number of rotatable bonds is 2. The van der Waals surface area contributed by atoms with Crippen LogP contribution in [0.25, 0.3) is 0 Å². The second-order valence-electron chi connectivity index (χ2n) is 2.19. The number of nitrogen functional groups attached to an aromatic ring is 1. The first-order valence-electron chi connectivity index (χ1n) is 3.41. The van der Waals surface area contributed by atoms with Crippen LogP contribution in [0.15, 0.2) is 30.5 Å². The maximum atomic E-state index is 5.46. The Labute approximate surface area is 65.7 Å². The number of aromatic nitrogens is 1. The van der Waals surface area contributed by atoms with Crippen LogP contribution in [0.5, 0.6) is 0 Å². The number of pyridine rings is 1. The van der Waals surface area contributed by atoms with E-state index >= 15 is 0 Å². The van der Waals surface area contributed by atoms with Gasteiger partial charge in [0.1, 0.15) is 5.82 Å². The van der Waals surface area contributed by atoms with E-state index in [1.165, 1.54) is 6.20 Å². The summed E-state index contributed by atoms with van der Waals surface area (Å²) in [4.78, 5) is 4.08. The van der Waals surface area contributed by atoms with Crippen LogP contribution < -0.4 is 11.5 Å². The largest absolute Gasteiger partial charge is 0.405 e. The van der Waals surface area contributed by atoms with Crippen LogP contribution in [0.2, 0.25) is 0 Å². The summed E-state index contributed by atoms with van der Waals surface area (Å²) in [6.45, 7) is 0. The van der Waals surface area contributed by atoms with E-state index in [1.54, 1.807) is 6.07 Å². The van der Waals surface area contributed by atoms with Crippen LogP contribution in [0, 0.1) is 0 Å². The predicted molar refractivity (Wildman–Crippen MR) is 45.7 cm³/mol. The zero-order valence-corrected chi connectivity index (χ0v) is 6.20. The van der Waals surface area contributed by atoms with Crippen LogP contribution in [0.4, 0.5) is 5.82 Å². The lowest BCUT2D eigenvalue weighted by Gasteiger charge is -1.95. The molecule has 0 amide bonds. The molecule has 0 radical (unpaired) electrons. The normalized spacial score (nSPS) is 10.5. The Kier molecular flexibility index (Phi) is 2.49. The minimum atomic E-state index is 0.549. The van der Waals surface area contributed by atoms with Gasteiger partial charge in [-0.15, -0.1) is 0 Å². The number of nitrogens with two attached hydrogens (primary N) is 2. The smallest absolute Gasteiger partial charge is 0.123 e. The Morgan fingerprint density at radius 1 is 1.45 bits per heavy atom. The molecule has 0 aliphatic carbocycles. The molecule has 0 atom stereocenters. The molecular weight excluding hydrogens is 138 g/mol. The molecule has 11 heavy (non-hydrogen) atoms. The first kappa shape index (κ1) is 7.60. The van der Waals surface area contributed by atoms with Gasteiger partial charge in [-0.3, -0.25) is 0 Å². The van der Waals surface area contributed by atoms with E-state index in [4.69, 9.17) is 11.5 Å². The van der Waals surface area contributed by atoms with Gasteiger partial charge in [-0.25, -0.2) is 4.98 Å². The second kappa shape index (κ2) is 3.61. The lowest BCUT2D eigenvalue weighted by atomic mass is 10.2. The van der Waals surface area contributed by atoms with Crippen molar-refractivity contribution in [1.82, 2.24) is 4.98 Å². The molecule has 4 N–H and O–H groups in total. The first-order valence-corrected chi connectivity index (χ1v) is 3.41. The van der Waals surface area contributed by atoms with Crippen molar-refractivity contribution in [2.24, 2.45) is 5.73 Å². The van der Waals surface area contributed by atoms with Crippen molar-refractivity contribution < 1.29 is 0 Å². The summed E-state index contributed by atoms with van der Waals surface area (Å²) >= 11 is 0. The Balaban J connectivity index is 2.71. The number of nitrogens with zero attached hydrogens (tertiary/aromatic N) is 1. The summed E-state index contributed by atoms with van der Waals surface area (Å²) < 4.78 is 0. The number of allylic oxidation sites excluding steroid dienone is 1. The van der Waals surface area contributed by atoms with Crippen LogP contribution in [-0.2, 0) is 6.42 Å². The zero-order chi connectivity index (χ0) is 8.10. The fourth-order valence-corrected chi connectivity index (χ4v) is 0.801. The maximum absolute atomic E-state index is 5.46. The topological polar surface area (TPSA) is 64.9 Å². The van der Waals surface area contributed by atoms with E-state index in [2.05, 4.69) is 4.98 Å². The summed E-state index contributed by atoms with van der Waals surface area (Å²) in [5.74, 6) is 0.549. The molecule has 3 nitrogen and oxygen atoms in total. The molecule has 0 spiro atoms. The van der Waals surface area contributed by atoms with E-state index in [-0.39, 0.29) is 0 Å². The monoisotopic (exact) mass is 149 g/mol. The molecule has 1 heterocycles. The second-order valence-corrected chi connectivity index (χ2v) is 2.19. The van der Waals surface area contributed by atoms with E-state index in [1.807, 2.05) is 18.2 Å². The molecule has 0 aliphatic heterocycles.